The van der Waals surface area contributed by atoms with Crippen molar-refractivity contribution < 1.29 is 4.92 Å². The van der Waals surface area contributed by atoms with E-state index >= 15 is 0 Å². The zero-order valence-electron chi connectivity index (χ0n) is 10.9. The number of aromatic amines is 1. The molecule has 104 valence electrons. The second kappa shape index (κ2) is 5.16. The number of hydrogen-bond donors (Lipinski definition) is 1. The summed E-state index contributed by atoms with van der Waals surface area (Å²) < 4.78 is 0. The Morgan fingerprint density at radius 3 is 2.62 bits per heavy atom. The minimum Gasteiger partial charge on any atom is -0.310 e. The van der Waals surface area contributed by atoms with Gasteiger partial charge in [0.1, 0.15) is 5.82 Å². The van der Waals surface area contributed by atoms with Crippen molar-refractivity contribution in [1.29, 1.82) is 0 Å². The normalized spacial score (nSPS) is 10.7. The van der Waals surface area contributed by atoms with Gasteiger partial charge in [0.05, 0.1) is 15.8 Å². The van der Waals surface area contributed by atoms with E-state index in [2.05, 4.69) is 9.97 Å². The number of nitrogens with one attached hydrogen (secondary N) is 1. The van der Waals surface area contributed by atoms with Gasteiger partial charge in [-0.25, -0.2) is 4.98 Å². The van der Waals surface area contributed by atoms with E-state index in [1.807, 2.05) is 0 Å². The fourth-order valence-electron chi connectivity index (χ4n) is 2.24. The third-order valence-corrected chi connectivity index (χ3v) is 3.21. The molecule has 0 amide bonds. The van der Waals surface area contributed by atoms with Gasteiger partial charge >= 0.3 is 0 Å². The number of nitro groups is 1. The molecule has 6 heteroatoms. The molecule has 0 saturated carbocycles. The van der Waals surface area contributed by atoms with Crippen LogP contribution >= 0.6 is 0 Å². The Morgan fingerprint density at radius 2 is 1.81 bits per heavy atom. The SMILES string of the molecule is O=c1[nH]c(Cc2ccccc2[N+](=O)[O-])nc2ccccc12. The Labute approximate surface area is 119 Å². The lowest BCUT2D eigenvalue weighted by Gasteiger charge is -2.04. The summed E-state index contributed by atoms with van der Waals surface area (Å²) in [5.74, 6) is 0.410. The van der Waals surface area contributed by atoms with Crippen molar-refractivity contribution in [1.82, 2.24) is 9.97 Å². The lowest BCUT2D eigenvalue weighted by molar-refractivity contribution is -0.385. The zero-order chi connectivity index (χ0) is 14.8. The number of H-pyrrole nitrogens is 1. The molecule has 0 bridgehead atoms. The molecule has 3 aromatic rings. The number of aromatic nitrogens is 2. The minimum absolute atomic E-state index is 0.0216. The van der Waals surface area contributed by atoms with Crippen LogP contribution in [0.25, 0.3) is 10.9 Å². The molecular formula is C15H11N3O3. The molecule has 1 N–H and O–H groups in total. The molecule has 0 radical (unpaired) electrons. The van der Waals surface area contributed by atoms with E-state index in [-0.39, 0.29) is 17.7 Å². The van der Waals surface area contributed by atoms with Gasteiger partial charge in [-0.1, -0.05) is 30.3 Å². The van der Waals surface area contributed by atoms with Crippen LogP contribution in [0, 0.1) is 10.1 Å². The number of nitro benzene ring substituents is 1. The fourth-order valence-corrected chi connectivity index (χ4v) is 2.24. The van der Waals surface area contributed by atoms with Crippen molar-refractivity contribution in [2.75, 3.05) is 0 Å². The van der Waals surface area contributed by atoms with E-state index in [4.69, 9.17) is 0 Å². The number of hydrogen-bond acceptors (Lipinski definition) is 4. The molecular weight excluding hydrogens is 270 g/mol. The standard InChI is InChI=1S/C15H11N3O3/c19-15-11-6-2-3-7-12(11)16-14(17-15)9-10-5-1-4-8-13(10)18(20)21/h1-8H,9H2,(H,16,17,19). The quantitative estimate of drug-likeness (QED) is 0.589. The van der Waals surface area contributed by atoms with Crippen molar-refractivity contribution in [3.05, 3.63) is 80.4 Å². The first-order valence-electron chi connectivity index (χ1n) is 6.35. The van der Waals surface area contributed by atoms with Crippen molar-refractivity contribution in [2.45, 2.75) is 6.42 Å². The van der Waals surface area contributed by atoms with E-state index < -0.39 is 4.92 Å². The lowest BCUT2D eigenvalue weighted by Crippen LogP contribution is -2.12. The van der Waals surface area contributed by atoms with Crippen LogP contribution in [0.3, 0.4) is 0 Å². The Hall–Kier alpha value is -3.02. The first-order valence-corrected chi connectivity index (χ1v) is 6.35. The summed E-state index contributed by atoms with van der Waals surface area (Å²) in [6.45, 7) is 0. The maximum absolute atomic E-state index is 12.0. The van der Waals surface area contributed by atoms with Crippen LogP contribution in [0.15, 0.2) is 53.3 Å². The Kier molecular flexibility index (Phi) is 3.19. The van der Waals surface area contributed by atoms with Crippen molar-refractivity contribution in [2.24, 2.45) is 0 Å². The smallest absolute Gasteiger partial charge is 0.273 e. The van der Waals surface area contributed by atoms with Gasteiger partial charge in [-0.2, -0.15) is 0 Å². The van der Waals surface area contributed by atoms with Crippen LogP contribution in [0.2, 0.25) is 0 Å². The monoisotopic (exact) mass is 281 g/mol. The third-order valence-electron chi connectivity index (χ3n) is 3.21. The maximum atomic E-state index is 12.0. The summed E-state index contributed by atoms with van der Waals surface area (Å²) in [4.78, 5) is 29.6. The first-order chi connectivity index (χ1) is 10.1. The average Bonchev–Trinajstić information content (AvgIpc) is 2.47. The molecule has 1 heterocycles. The largest absolute Gasteiger partial charge is 0.310 e. The van der Waals surface area contributed by atoms with Crippen molar-refractivity contribution in [3.63, 3.8) is 0 Å². The Morgan fingerprint density at radius 1 is 1.10 bits per heavy atom. The molecule has 0 spiro atoms. The van der Waals surface area contributed by atoms with Gasteiger partial charge in [0.25, 0.3) is 11.2 Å². The predicted molar refractivity (Wildman–Crippen MR) is 78.3 cm³/mol. The number of rotatable bonds is 3. The number of fused-ring (bicyclic) bond motifs is 1. The molecule has 0 unspecified atom stereocenters. The van der Waals surface area contributed by atoms with Gasteiger partial charge in [-0.15, -0.1) is 0 Å². The third kappa shape index (κ3) is 2.51. The molecule has 0 aliphatic rings. The first kappa shape index (κ1) is 13.0. The Balaban J connectivity index is 2.07. The number of benzene rings is 2. The van der Waals surface area contributed by atoms with Gasteiger partial charge in [0.15, 0.2) is 0 Å². The van der Waals surface area contributed by atoms with E-state index in [1.54, 1.807) is 42.5 Å². The minimum atomic E-state index is -0.436. The highest BCUT2D eigenvalue weighted by atomic mass is 16.6. The van der Waals surface area contributed by atoms with Crippen molar-refractivity contribution in [3.8, 4) is 0 Å². The summed E-state index contributed by atoms with van der Waals surface area (Å²) in [7, 11) is 0. The predicted octanol–water partition coefficient (Wildman–Crippen LogP) is 2.42. The van der Waals surface area contributed by atoms with Crippen LogP contribution in [-0.2, 0) is 6.42 Å². The van der Waals surface area contributed by atoms with Gasteiger partial charge in [-0.05, 0) is 12.1 Å². The number of nitrogens with zero attached hydrogens (tertiary/aromatic N) is 2. The highest BCUT2D eigenvalue weighted by Gasteiger charge is 2.14. The molecule has 6 nitrogen and oxygen atoms in total. The van der Waals surface area contributed by atoms with Crippen LogP contribution < -0.4 is 5.56 Å². The molecule has 0 saturated heterocycles. The Bertz CT molecular complexity index is 886. The molecule has 0 fully saturated rings. The molecule has 0 atom stereocenters. The van der Waals surface area contributed by atoms with Crippen LogP contribution in [-0.4, -0.2) is 14.9 Å². The fraction of sp³-hybridized carbons (Fsp3) is 0.0667. The average molecular weight is 281 g/mol. The van der Waals surface area contributed by atoms with Gasteiger partial charge in [-0.3, -0.25) is 14.9 Å². The van der Waals surface area contributed by atoms with Gasteiger partial charge < -0.3 is 4.98 Å². The molecule has 3 rings (SSSR count). The van der Waals surface area contributed by atoms with Crippen LogP contribution in [0.1, 0.15) is 11.4 Å². The van der Waals surface area contributed by atoms with Crippen LogP contribution in [0.5, 0.6) is 0 Å². The zero-order valence-corrected chi connectivity index (χ0v) is 10.9. The molecule has 0 aliphatic heterocycles. The second-order valence-corrected chi connectivity index (χ2v) is 4.59. The lowest BCUT2D eigenvalue weighted by atomic mass is 10.1. The summed E-state index contributed by atoms with van der Waals surface area (Å²) in [6, 6.07) is 13.4. The molecule has 1 aromatic heterocycles. The van der Waals surface area contributed by atoms with E-state index in [9.17, 15) is 14.9 Å². The number of para-hydroxylation sites is 2. The highest BCUT2D eigenvalue weighted by Crippen LogP contribution is 2.20. The topological polar surface area (TPSA) is 88.9 Å². The summed E-state index contributed by atoms with van der Waals surface area (Å²) in [5, 5.41) is 11.5. The second-order valence-electron chi connectivity index (χ2n) is 4.59. The molecule has 21 heavy (non-hydrogen) atoms. The summed E-state index contributed by atoms with van der Waals surface area (Å²) >= 11 is 0. The van der Waals surface area contributed by atoms with Crippen molar-refractivity contribution >= 4 is 16.6 Å². The molecule has 0 aliphatic carbocycles. The maximum Gasteiger partial charge on any atom is 0.273 e. The molecule has 2 aromatic carbocycles. The van der Waals surface area contributed by atoms with Gasteiger partial charge in [0.2, 0.25) is 0 Å². The summed E-state index contributed by atoms with van der Waals surface area (Å²) in [6.07, 6.45) is 0.206. The van der Waals surface area contributed by atoms with Crippen LogP contribution in [0.4, 0.5) is 5.69 Å². The highest BCUT2D eigenvalue weighted by molar-refractivity contribution is 5.77. The summed E-state index contributed by atoms with van der Waals surface area (Å²) in [5.41, 5.74) is 0.873. The van der Waals surface area contributed by atoms with E-state index in [1.165, 1.54) is 6.07 Å². The van der Waals surface area contributed by atoms with E-state index in [0.29, 0.717) is 22.3 Å². The van der Waals surface area contributed by atoms with Gasteiger partial charge in [0, 0.05) is 18.1 Å². The van der Waals surface area contributed by atoms with E-state index in [0.717, 1.165) is 0 Å².